The number of hydrogen-bond donors (Lipinski definition) is 0. The van der Waals surface area contributed by atoms with Gasteiger partial charge in [-0.3, -0.25) is 0 Å². The second kappa shape index (κ2) is 5.78. The van der Waals surface area contributed by atoms with Crippen LogP contribution < -0.4 is 0 Å². The van der Waals surface area contributed by atoms with Crippen LogP contribution in [0.1, 0.15) is 56.8 Å². The predicted octanol–water partition coefficient (Wildman–Crippen LogP) is 3.91. The van der Waals surface area contributed by atoms with Gasteiger partial charge in [0.15, 0.2) is 5.82 Å². The van der Waals surface area contributed by atoms with Crippen LogP contribution in [0.5, 0.6) is 0 Å². The molecule has 96 valence electrons. The van der Waals surface area contributed by atoms with Crippen LogP contribution in [0.3, 0.4) is 0 Å². The van der Waals surface area contributed by atoms with E-state index in [4.69, 9.17) is 16.3 Å². The van der Waals surface area contributed by atoms with Gasteiger partial charge >= 0.3 is 0 Å². The van der Waals surface area contributed by atoms with Crippen LogP contribution in [0.25, 0.3) is 0 Å². The SMILES string of the molecule is COC(c1nc(C)c(C(C)C)c(Cl)n1)C(C)C. The van der Waals surface area contributed by atoms with Gasteiger partial charge in [0.05, 0.1) is 0 Å². The van der Waals surface area contributed by atoms with Gasteiger partial charge in [-0.2, -0.15) is 0 Å². The average Bonchev–Trinajstić information content (AvgIpc) is 2.15. The van der Waals surface area contributed by atoms with Gasteiger partial charge in [-0.15, -0.1) is 0 Å². The van der Waals surface area contributed by atoms with Crippen molar-refractivity contribution in [1.29, 1.82) is 0 Å². The van der Waals surface area contributed by atoms with E-state index in [9.17, 15) is 0 Å². The smallest absolute Gasteiger partial charge is 0.159 e. The molecule has 1 unspecified atom stereocenters. The number of nitrogens with zero attached hydrogens (tertiary/aromatic N) is 2. The normalized spacial score (nSPS) is 13.5. The fourth-order valence-corrected chi connectivity index (χ4v) is 2.47. The highest BCUT2D eigenvalue weighted by Gasteiger charge is 2.21. The number of aryl methyl sites for hydroxylation is 1. The van der Waals surface area contributed by atoms with Crippen molar-refractivity contribution in [2.75, 3.05) is 7.11 Å². The first-order valence-electron chi connectivity index (χ1n) is 5.95. The number of aromatic nitrogens is 2. The lowest BCUT2D eigenvalue weighted by molar-refractivity contribution is 0.0573. The summed E-state index contributed by atoms with van der Waals surface area (Å²) >= 11 is 6.23. The summed E-state index contributed by atoms with van der Waals surface area (Å²) in [6.45, 7) is 10.3. The molecule has 0 aliphatic carbocycles. The Morgan fingerprint density at radius 1 is 1.12 bits per heavy atom. The van der Waals surface area contributed by atoms with Gasteiger partial charge in [-0.25, -0.2) is 9.97 Å². The molecule has 0 fully saturated rings. The molecule has 3 nitrogen and oxygen atoms in total. The molecule has 0 amide bonds. The predicted molar refractivity (Wildman–Crippen MR) is 70.5 cm³/mol. The summed E-state index contributed by atoms with van der Waals surface area (Å²) in [6.07, 6.45) is -0.104. The summed E-state index contributed by atoms with van der Waals surface area (Å²) in [4.78, 5) is 8.90. The highest BCUT2D eigenvalue weighted by Crippen LogP contribution is 2.29. The Bertz CT molecular complexity index is 368. The molecule has 17 heavy (non-hydrogen) atoms. The van der Waals surface area contributed by atoms with Crippen LogP contribution in [0, 0.1) is 12.8 Å². The highest BCUT2D eigenvalue weighted by molar-refractivity contribution is 6.30. The second-order valence-corrected chi connectivity index (χ2v) is 5.28. The molecule has 1 atom stereocenters. The van der Waals surface area contributed by atoms with Crippen molar-refractivity contribution in [2.24, 2.45) is 5.92 Å². The lowest BCUT2D eigenvalue weighted by Crippen LogP contribution is -2.15. The van der Waals surface area contributed by atoms with Crippen LogP contribution in [0.4, 0.5) is 0 Å². The molecule has 0 saturated carbocycles. The molecule has 1 heterocycles. The summed E-state index contributed by atoms with van der Waals surface area (Å²) in [6, 6.07) is 0. The molecule has 0 bridgehead atoms. The largest absolute Gasteiger partial charge is 0.373 e. The third kappa shape index (κ3) is 3.17. The summed E-state index contributed by atoms with van der Waals surface area (Å²) in [5.74, 6) is 1.33. The first kappa shape index (κ1) is 14.4. The van der Waals surface area contributed by atoms with Crippen LogP contribution in [-0.4, -0.2) is 17.1 Å². The molecule has 1 aromatic heterocycles. The average molecular weight is 257 g/mol. The topological polar surface area (TPSA) is 35.0 Å². The lowest BCUT2D eigenvalue weighted by Gasteiger charge is -2.20. The summed E-state index contributed by atoms with van der Waals surface area (Å²) < 4.78 is 5.42. The molecule has 0 aliphatic heterocycles. The van der Waals surface area contributed by atoms with E-state index in [1.165, 1.54) is 0 Å². The van der Waals surface area contributed by atoms with E-state index in [0.717, 1.165) is 11.3 Å². The minimum Gasteiger partial charge on any atom is -0.373 e. The van der Waals surface area contributed by atoms with Crippen molar-refractivity contribution in [1.82, 2.24) is 9.97 Å². The maximum atomic E-state index is 6.23. The third-order valence-corrected chi connectivity index (χ3v) is 3.09. The molecular formula is C13H21ClN2O. The Morgan fingerprint density at radius 2 is 1.71 bits per heavy atom. The first-order chi connectivity index (χ1) is 7.88. The first-order valence-corrected chi connectivity index (χ1v) is 6.33. The quantitative estimate of drug-likeness (QED) is 0.767. The Morgan fingerprint density at radius 3 is 2.06 bits per heavy atom. The zero-order chi connectivity index (χ0) is 13.2. The third-order valence-electron chi connectivity index (χ3n) is 2.80. The molecule has 0 spiro atoms. The fraction of sp³-hybridized carbons (Fsp3) is 0.692. The molecule has 4 heteroatoms. The fourth-order valence-electron chi connectivity index (χ4n) is 2.03. The van der Waals surface area contributed by atoms with Crippen molar-refractivity contribution in [2.45, 2.75) is 46.6 Å². The standard InChI is InChI=1S/C13H21ClN2O/c1-7(2)10-9(5)15-13(16-12(10)14)11(17-6)8(3)4/h7-8,11H,1-6H3. The van der Waals surface area contributed by atoms with Crippen LogP contribution in [0.15, 0.2) is 0 Å². The maximum Gasteiger partial charge on any atom is 0.159 e. The molecule has 0 aliphatic rings. The van der Waals surface area contributed by atoms with Gasteiger partial charge in [-0.05, 0) is 18.8 Å². The number of ether oxygens (including phenoxy) is 1. The van der Waals surface area contributed by atoms with E-state index in [2.05, 4.69) is 37.7 Å². The van der Waals surface area contributed by atoms with Gasteiger partial charge in [0.1, 0.15) is 11.3 Å². The van der Waals surface area contributed by atoms with E-state index < -0.39 is 0 Å². The zero-order valence-corrected chi connectivity index (χ0v) is 12.2. The van der Waals surface area contributed by atoms with Crippen molar-refractivity contribution in [3.8, 4) is 0 Å². The van der Waals surface area contributed by atoms with Gasteiger partial charge in [-0.1, -0.05) is 39.3 Å². The van der Waals surface area contributed by atoms with E-state index in [1.807, 2.05) is 6.92 Å². The number of rotatable bonds is 4. The Labute approximate surface area is 109 Å². The zero-order valence-electron chi connectivity index (χ0n) is 11.4. The highest BCUT2D eigenvalue weighted by atomic mass is 35.5. The molecule has 0 aromatic carbocycles. The van der Waals surface area contributed by atoms with Crippen molar-refractivity contribution >= 4 is 11.6 Å². The van der Waals surface area contributed by atoms with Crippen molar-refractivity contribution < 1.29 is 4.74 Å². The summed E-state index contributed by atoms with van der Waals surface area (Å²) in [7, 11) is 1.67. The number of hydrogen-bond acceptors (Lipinski definition) is 3. The molecule has 0 N–H and O–H groups in total. The van der Waals surface area contributed by atoms with E-state index in [-0.39, 0.29) is 6.10 Å². The van der Waals surface area contributed by atoms with Crippen molar-refractivity contribution in [3.63, 3.8) is 0 Å². The monoisotopic (exact) mass is 256 g/mol. The van der Waals surface area contributed by atoms with Crippen molar-refractivity contribution in [3.05, 3.63) is 22.2 Å². The van der Waals surface area contributed by atoms with Gasteiger partial charge in [0.25, 0.3) is 0 Å². The van der Waals surface area contributed by atoms with E-state index in [0.29, 0.717) is 22.8 Å². The number of methoxy groups -OCH3 is 1. The molecular weight excluding hydrogens is 236 g/mol. The second-order valence-electron chi connectivity index (χ2n) is 4.93. The Balaban J connectivity index is 3.22. The van der Waals surface area contributed by atoms with E-state index >= 15 is 0 Å². The van der Waals surface area contributed by atoms with E-state index in [1.54, 1.807) is 7.11 Å². The van der Waals surface area contributed by atoms with Crippen LogP contribution in [0.2, 0.25) is 5.15 Å². The minimum absolute atomic E-state index is 0.104. The van der Waals surface area contributed by atoms with Crippen LogP contribution in [-0.2, 0) is 4.74 Å². The van der Waals surface area contributed by atoms with Crippen LogP contribution >= 0.6 is 11.6 Å². The number of halogens is 1. The maximum absolute atomic E-state index is 6.23. The summed E-state index contributed by atoms with van der Waals surface area (Å²) in [5, 5.41) is 0.546. The summed E-state index contributed by atoms with van der Waals surface area (Å²) in [5.41, 5.74) is 1.96. The molecule has 0 radical (unpaired) electrons. The van der Waals surface area contributed by atoms with Gasteiger partial charge < -0.3 is 4.74 Å². The lowest BCUT2D eigenvalue weighted by atomic mass is 10.0. The molecule has 0 saturated heterocycles. The Kier molecular flexibility index (Phi) is 4.90. The molecule has 1 rings (SSSR count). The minimum atomic E-state index is -0.104. The molecule has 1 aromatic rings. The van der Waals surface area contributed by atoms with Gasteiger partial charge in [0, 0.05) is 18.4 Å². The van der Waals surface area contributed by atoms with Gasteiger partial charge in [0.2, 0.25) is 0 Å². The Hall–Kier alpha value is -0.670.